The molecule has 1 fully saturated rings. The summed E-state index contributed by atoms with van der Waals surface area (Å²) in [4.78, 5) is 26.6. The van der Waals surface area contributed by atoms with Crippen molar-refractivity contribution in [1.82, 2.24) is 20.3 Å². The van der Waals surface area contributed by atoms with E-state index in [0.717, 1.165) is 69.4 Å². The number of nitrogens with one attached hydrogen (secondary N) is 1. The van der Waals surface area contributed by atoms with Crippen LogP contribution in [0.25, 0.3) is 44.5 Å². The van der Waals surface area contributed by atoms with Gasteiger partial charge in [0.15, 0.2) is 0 Å². The molecule has 0 radical (unpaired) electrons. The summed E-state index contributed by atoms with van der Waals surface area (Å²) in [6.45, 7) is 5.64. The summed E-state index contributed by atoms with van der Waals surface area (Å²) in [7, 11) is 0. The van der Waals surface area contributed by atoms with E-state index in [0.29, 0.717) is 0 Å². The summed E-state index contributed by atoms with van der Waals surface area (Å²) in [5.41, 5.74) is 6.85. The number of hydrogen-bond donors (Lipinski definition) is 1. The second-order valence-corrected chi connectivity index (χ2v) is 11.4. The summed E-state index contributed by atoms with van der Waals surface area (Å²) in [6, 6.07) is 26.9. The van der Waals surface area contributed by atoms with Gasteiger partial charge >= 0.3 is 6.09 Å². The predicted octanol–water partition coefficient (Wildman–Crippen LogP) is 7.93. The zero-order chi connectivity index (χ0) is 27.7. The number of pyridine rings is 3. The van der Waals surface area contributed by atoms with Crippen LogP contribution in [-0.2, 0) is 10.3 Å². The van der Waals surface area contributed by atoms with E-state index in [9.17, 15) is 4.79 Å². The number of ether oxygens (including phenoxy) is 1. The van der Waals surface area contributed by atoms with Crippen LogP contribution in [0.4, 0.5) is 4.79 Å². The molecule has 1 N–H and O–H groups in total. The number of rotatable bonds is 5. The van der Waals surface area contributed by atoms with Crippen LogP contribution in [0.3, 0.4) is 0 Å². The lowest BCUT2D eigenvalue weighted by atomic mass is 9.71. The predicted molar refractivity (Wildman–Crippen MR) is 159 cm³/mol. The Kier molecular flexibility index (Phi) is 6.54. The molecule has 3 aromatic heterocycles. The quantitative estimate of drug-likeness (QED) is 0.251. The Labute approximate surface area is 234 Å². The lowest BCUT2D eigenvalue weighted by Crippen LogP contribution is -2.52. The van der Waals surface area contributed by atoms with Gasteiger partial charge in [0.1, 0.15) is 5.60 Å². The van der Waals surface area contributed by atoms with E-state index < -0.39 is 11.1 Å². The van der Waals surface area contributed by atoms with Gasteiger partial charge in [-0.1, -0.05) is 54.6 Å². The van der Waals surface area contributed by atoms with E-state index in [2.05, 4.69) is 63.8 Å². The van der Waals surface area contributed by atoms with Crippen LogP contribution in [0.5, 0.6) is 0 Å². The van der Waals surface area contributed by atoms with Gasteiger partial charge in [0.05, 0.1) is 28.6 Å². The molecular weight excluding hydrogens is 496 g/mol. The molecule has 6 nitrogen and oxygen atoms in total. The Bertz CT molecular complexity index is 1660. The summed E-state index contributed by atoms with van der Waals surface area (Å²) in [6.07, 6.45) is 7.88. The Balaban J connectivity index is 1.38. The molecule has 6 heteroatoms. The number of aromatic nitrogens is 3. The highest BCUT2D eigenvalue weighted by Crippen LogP contribution is 2.42. The van der Waals surface area contributed by atoms with Crippen LogP contribution in [0.1, 0.15) is 45.6 Å². The van der Waals surface area contributed by atoms with Crippen molar-refractivity contribution in [3.05, 3.63) is 103 Å². The van der Waals surface area contributed by atoms with Gasteiger partial charge in [0, 0.05) is 34.5 Å². The minimum Gasteiger partial charge on any atom is -0.444 e. The Hall–Kier alpha value is -4.58. The molecule has 0 aliphatic heterocycles. The topological polar surface area (TPSA) is 77.0 Å². The monoisotopic (exact) mass is 528 g/mol. The van der Waals surface area contributed by atoms with E-state index in [4.69, 9.17) is 9.72 Å². The number of hydrogen-bond acceptors (Lipinski definition) is 5. The Morgan fingerprint density at radius 2 is 1.62 bits per heavy atom. The van der Waals surface area contributed by atoms with Gasteiger partial charge < -0.3 is 10.1 Å². The van der Waals surface area contributed by atoms with Gasteiger partial charge in [-0.25, -0.2) is 9.78 Å². The molecule has 200 valence electrons. The third kappa shape index (κ3) is 5.17. The summed E-state index contributed by atoms with van der Waals surface area (Å²) >= 11 is 0. The summed E-state index contributed by atoms with van der Waals surface area (Å²) < 4.78 is 5.56. The van der Waals surface area contributed by atoms with Gasteiger partial charge in [-0.3, -0.25) is 9.97 Å². The maximum absolute atomic E-state index is 12.6. The fourth-order valence-corrected chi connectivity index (χ4v) is 5.27. The van der Waals surface area contributed by atoms with Gasteiger partial charge in [0.25, 0.3) is 0 Å². The molecule has 0 spiro atoms. The number of carbonyl (C=O) groups excluding carboxylic acids is 1. The summed E-state index contributed by atoms with van der Waals surface area (Å²) in [5, 5.41) is 4.17. The highest BCUT2D eigenvalue weighted by atomic mass is 16.6. The second kappa shape index (κ2) is 10.2. The number of carbonyl (C=O) groups is 1. The molecule has 0 bridgehead atoms. The van der Waals surface area contributed by atoms with Crippen LogP contribution in [0, 0.1) is 0 Å². The van der Waals surface area contributed by atoms with Crippen molar-refractivity contribution in [2.45, 2.75) is 51.2 Å². The van der Waals surface area contributed by atoms with E-state index in [1.165, 1.54) is 0 Å². The molecule has 40 heavy (non-hydrogen) atoms. The molecule has 2 aromatic carbocycles. The number of alkyl carbamates (subject to hydrolysis) is 1. The Morgan fingerprint density at radius 1 is 0.875 bits per heavy atom. The van der Waals surface area contributed by atoms with Crippen molar-refractivity contribution in [2.75, 3.05) is 0 Å². The van der Waals surface area contributed by atoms with E-state index >= 15 is 0 Å². The molecule has 1 amide bonds. The number of nitrogens with zero attached hydrogens (tertiary/aromatic N) is 3. The van der Waals surface area contributed by atoms with Crippen molar-refractivity contribution in [1.29, 1.82) is 0 Å². The minimum atomic E-state index is -0.540. The van der Waals surface area contributed by atoms with Gasteiger partial charge in [-0.2, -0.15) is 0 Å². The lowest BCUT2D eigenvalue weighted by molar-refractivity contribution is 0.0377. The fraction of sp³-hybridized carbons (Fsp3) is 0.235. The Morgan fingerprint density at radius 3 is 2.27 bits per heavy atom. The first-order valence-corrected chi connectivity index (χ1v) is 13.7. The van der Waals surface area contributed by atoms with Crippen molar-refractivity contribution in [3.8, 4) is 33.6 Å². The SMILES string of the molecule is CC(C)(C)OC(=O)NC1(c2ccc(-c3nc4cnc(-c5cccnc5)cc4cc3-c3ccccc3)cc2)CCC1. The largest absolute Gasteiger partial charge is 0.444 e. The highest BCUT2D eigenvalue weighted by molar-refractivity contribution is 5.92. The van der Waals surface area contributed by atoms with Crippen LogP contribution >= 0.6 is 0 Å². The van der Waals surface area contributed by atoms with Gasteiger partial charge in [-0.15, -0.1) is 0 Å². The van der Waals surface area contributed by atoms with Crippen molar-refractivity contribution in [3.63, 3.8) is 0 Å². The molecule has 1 aliphatic rings. The maximum atomic E-state index is 12.6. The lowest BCUT2D eigenvalue weighted by Gasteiger charge is -2.43. The van der Waals surface area contributed by atoms with Crippen molar-refractivity contribution >= 4 is 17.0 Å². The average Bonchev–Trinajstić information content (AvgIpc) is 2.94. The molecule has 0 atom stereocenters. The standard InChI is InChI=1S/C34H32N4O2/c1-33(2,3)40-32(39)38-34(16-8-17-34)27-14-12-24(13-15-27)31-28(23-9-5-4-6-10-23)19-26-20-29(36-22-30(26)37-31)25-11-7-18-35-21-25/h4-7,9-15,18-22H,8,16-17H2,1-3H3,(H,38,39). The fourth-order valence-electron chi connectivity index (χ4n) is 5.27. The molecule has 5 aromatic rings. The first kappa shape index (κ1) is 25.7. The van der Waals surface area contributed by atoms with Crippen molar-refractivity contribution in [2.24, 2.45) is 0 Å². The van der Waals surface area contributed by atoms with E-state index in [1.54, 1.807) is 6.20 Å². The molecule has 3 heterocycles. The molecule has 0 unspecified atom stereocenters. The smallest absolute Gasteiger partial charge is 0.408 e. The number of fused-ring (bicyclic) bond motifs is 1. The number of benzene rings is 2. The van der Waals surface area contributed by atoms with Crippen molar-refractivity contribution < 1.29 is 9.53 Å². The second-order valence-electron chi connectivity index (χ2n) is 11.4. The van der Waals surface area contributed by atoms with Crippen LogP contribution < -0.4 is 5.32 Å². The first-order chi connectivity index (χ1) is 19.3. The zero-order valence-corrected chi connectivity index (χ0v) is 23.0. The minimum absolute atomic E-state index is 0.378. The number of amides is 1. The first-order valence-electron chi connectivity index (χ1n) is 13.7. The van der Waals surface area contributed by atoms with Crippen LogP contribution in [0.15, 0.2) is 97.5 Å². The molecule has 0 saturated heterocycles. The average molecular weight is 529 g/mol. The zero-order valence-electron chi connectivity index (χ0n) is 23.0. The molecule has 1 saturated carbocycles. The third-order valence-electron chi connectivity index (χ3n) is 7.40. The van der Waals surface area contributed by atoms with E-state index in [-0.39, 0.29) is 6.09 Å². The van der Waals surface area contributed by atoms with Crippen LogP contribution in [0.2, 0.25) is 0 Å². The summed E-state index contributed by atoms with van der Waals surface area (Å²) in [5.74, 6) is 0. The van der Waals surface area contributed by atoms with Gasteiger partial charge in [0.2, 0.25) is 0 Å². The van der Waals surface area contributed by atoms with Gasteiger partial charge in [-0.05, 0) is 75.4 Å². The normalized spacial score (nSPS) is 14.4. The van der Waals surface area contributed by atoms with E-state index in [1.807, 2.05) is 63.5 Å². The molecular formula is C34H32N4O2. The van der Waals surface area contributed by atoms with Crippen LogP contribution in [-0.4, -0.2) is 26.6 Å². The molecule has 1 aliphatic carbocycles. The highest BCUT2D eigenvalue weighted by Gasteiger charge is 2.41. The maximum Gasteiger partial charge on any atom is 0.408 e. The molecule has 6 rings (SSSR count). The third-order valence-corrected chi connectivity index (χ3v) is 7.40.